The molecule has 0 radical (unpaired) electrons. The molecule has 4 atom stereocenters. The molecule has 4 amide bonds. The van der Waals surface area contributed by atoms with Gasteiger partial charge in [0.25, 0.3) is 11.8 Å². The molecule has 0 fully saturated rings. The minimum atomic E-state index is -1.35. The van der Waals surface area contributed by atoms with Crippen molar-refractivity contribution in [3.63, 3.8) is 0 Å². The molecule has 2 rings (SSSR count). The average Bonchev–Trinajstić information content (AvgIpc) is 3.05. The Bertz CT molecular complexity index is 1190. The number of hydrogen-bond donors (Lipinski definition) is 6. The highest BCUT2D eigenvalue weighted by Crippen LogP contribution is 2.12. The second kappa shape index (κ2) is 22.4. The van der Waals surface area contributed by atoms with Crippen LogP contribution in [-0.2, 0) is 32.2 Å². The van der Waals surface area contributed by atoms with Crippen molar-refractivity contribution in [2.45, 2.75) is 142 Å². The van der Waals surface area contributed by atoms with Crippen molar-refractivity contribution in [3.8, 4) is 0 Å². The van der Waals surface area contributed by atoms with Crippen molar-refractivity contribution >= 4 is 24.0 Å². The van der Waals surface area contributed by atoms with Gasteiger partial charge >= 0.3 is 12.2 Å². The Morgan fingerprint density at radius 1 is 0.680 bits per heavy atom. The van der Waals surface area contributed by atoms with Crippen molar-refractivity contribution in [1.29, 1.82) is 0 Å². The van der Waals surface area contributed by atoms with Gasteiger partial charge in [0.05, 0.1) is 12.1 Å². The monoisotopic (exact) mass is 702 g/mol. The predicted molar refractivity (Wildman–Crippen MR) is 190 cm³/mol. The van der Waals surface area contributed by atoms with Gasteiger partial charge in [0.2, 0.25) is 0 Å². The molecule has 0 saturated heterocycles. The normalized spacial score (nSPS) is 13.6. The zero-order valence-corrected chi connectivity index (χ0v) is 30.8. The third-order valence-electron chi connectivity index (χ3n) is 6.82. The van der Waals surface area contributed by atoms with E-state index in [1.165, 1.54) is 0 Å². The molecule has 0 saturated carbocycles. The molecule has 2 aromatic heterocycles. The molecule has 6 N–H and O–H groups in total. The largest absolute Gasteiger partial charge is 0.444 e. The fraction of sp³-hybridized carbons (Fsp3) is 0.611. The van der Waals surface area contributed by atoms with Gasteiger partial charge in [-0.15, -0.1) is 0 Å². The molecular weight excluding hydrogens is 644 g/mol. The summed E-state index contributed by atoms with van der Waals surface area (Å²) in [6, 6.07) is 5.78. The number of aliphatic hydroxyl groups excluding tert-OH is 2. The van der Waals surface area contributed by atoms with Gasteiger partial charge in [0, 0.05) is 37.9 Å². The number of aliphatic hydroxyl groups is 2. The highest BCUT2D eigenvalue weighted by Gasteiger charge is 2.30. The lowest BCUT2D eigenvalue weighted by Gasteiger charge is -2.26. The molecule has 0 aliphatic carbocycles. The van der Waals surface area contributed by atoms with E-state index in [0.29, 0.717) is 12.8 Å². The summed E-state index contributed by atoms with van der Waals surface area (Å²) in [5.41, 5.74) is 0.362. The molecule has 2 heterocycles. The van der Waals surface area contributed by atoms with E-state index in [4.69, 9.17) is 9.47 Å². The van der Waals surface area contributed by atoms with Crippen LogP contribution in [0.3, 0.4) is 0 Å². The summed E-state index contributed by atoms with van der Waals surface area (Å²) in [5.74, 6) is -1.08. The van der Waals surface area contributed by atoms with Crippen molar-refractivity contribution in [1.82, 2.24) is 31.2 Å². The van der Waals surface area contributed by atoms with E-state index in [0.717, 1.165) is 36.8 Å². The van der Waals surface area contributed by atoms with Crippen molar-refractivity contribution in [2.75, 3.05) is 0 Å². The molecule has 14 nitrogen and oxygen atoms in total. The molecule has 0 unspecified atom stereocenters. The van der Waals surface area contributed by atoms with Gasteiger partial charge in [0.15, 0.2) is 12.2 Å². The Balaban J connectivity index is 0.000000500. The Morgan fingerprint density at radius 3 is 1.32 bits per heavy atom. The first-order valence-electron chi connectivity index (χ1n) is 17.1. The van der Waals surface area contributed by atoms with Gasteiger partial charge in [-0.1, -0.05) is 51.7 Å². The van der Waals surface area contributed by atoms with E-state index < -0.39 is 59.5 Å². The first-order valence-corrected chi connectivity index (χ1v) is 17.1. The molecule has 0 spiro atoms. The second-order valence-corrected chi connectivity index (χ2v) is 13.8. The van der Waals surface area contributed by atoms with Crippen LogP contribution in [0.1, 0.15) is 105 Å². The lowest BCUT2D eigenvalue weighted by molar-refractivity contribution is -0.131. The van der Waals surface area contributed by atoms with E-state index in [9.17, 15) is 29.4 Å². The molecule has 0 aromatic carbocycles. The highest BCUT2D eigenvalue weighted by atomic mass is 16.6. The van der Waals surface area contributed by atoms with E-state index in [2.05, 4.69) is 31.2 Å². The maximum absolute atomic E-state index is 12.2. The maximum atomic E-state index is 12.2. The van der Waals surface area contributed by atoms with E-state index >= 15 is 0 Å². The summed E-state index contributed by atoms with van der Waals surface area (Å²) >= 11 is 0. The first-order chi connectivity index (χ1) is 23.5. The molecule has 0 bridgehead atoms. The molecule has 0 aliphatic rings. The zero-order chi connectivity index (χ0) is 37.7. The van der Waals surface area contributed by atoms with Crippen LogP contribution in [-0.4, -0.2) is 79.7 Å². The van der Waals surface area contributed by atoms with Gasteiger partial charge in [-0.3, -0.25) is 19.6 Å². The maximum Gasteiger partial charge on any atom is 0.407 e. The Hall–Kier alpha value is -4.30. The number of carbonyl (C=O) groups excluding carboxylic acids is 4. The fourth-order valence-electron chi connectivity index (χ4n) is 4.34. The summed E-state index contributed by atoms with van der Waals surface area (Å²) in [7, 11) is 0. The Morgan fingerprint density at radius 2 is 1.04 bits per heavy atom. The average molecular weight is 703 g/mol. The van der Waals surface area contributed by atoms with Gasteiger partial charge in [-0.05, 0) is 77.6 Å². The molecule has 50 heavy (non-hydrogen) atoms. The van der Waals surface area contributed by atoms with Crippen LogP contribution >= 0.6 is 0 Å². The van der Waals surface area contributed by atoms with Gasteiger partial charge in [-0.2, -0.15) is 0 Å². The van der Waals surface area contributed by atoms with Gasteiger partial charge in [0.1, 0.15) is 11.2 Å². The van der Waals surface area contributed by atoms with E-state index in [1.807, 2.05) is 26.0 Å². The van der Waals surface area contributed by atoms with Crippen LogP contribution in [0.5, 0.6) is 0 Å². The highest BCUT2D eigenvalue weighted by molar-refractivity contribution is 5.82. The molecule has 14 heteroatoms. The number of unbranched alkanes of at least 4 members (excludes halogenated alkanes) is 2. The number of alkyl carbamates (subject to hydrolysis) is 2. The first kappa shape index (κ1) is 43.7. The summed E-state index contributed by atoms with van der Waals surface area (Å²) in [5, 5.41) is 31.2. The number of nitrogens with one attached hydrogen (secondary N) is 4. The molecule has 280 valence electrons. The Kier molecular flexibility index (Phi) is 19.6. The van der Waals surface area contributed by atoms with E-state index in [1.54, 1.807) is 78.5 Å². The number of aromatic nitrogens is 2. The van der Waals surface area contributed by atoms with Gasteiger partial charge in [-0.25, -0.2) is 9.59 Å². The van der Waals surface area contributed by atoms with Gasteiger partial charge < -0.3 is 41.0 Å². The van der Waals surface area contributed by atoms with E-state index in [-0.39, 0.29) is 13.1 Å². The van der Waals surface area contributed by atoms with Crippen LogP contribution in [0.25, 0.3) is 0 Å². The zero-order valence-electron chi connectivity index (χ0n) is 30.8. The van der Waals surface area contributed by atoms with Crippen molar-refractivity contribution in [3.05, 3.63) is 60.2 Å². The lowest BCUT2D eigenvalue weighted by atomic mass is 10.0. The predicted octanol–water partition coefficient (Wildman–Crippen LogP) is 4.28. The third kappa shape index (κ3) is 19.6. The number of nitrogens with zero attached hydrogens (tertiary/aromatic N) is 2. The van der Waals surface area contributed by atoms with Crippen molar-refractivity contribution < 1.29 is 38.9 Å². The van der Waals surface area contributed by atoms with Crippen LogP contribution in [0, 0.1) is 0 Å². The summed E-state index contributed by atoms with van der Waals surface area (Å²) < 4.78 is 10.4. The molecular formula is C36H58N6O8. The van der Waals surface area contributed by atoms with Crippen LogP contribution in [0.4, 0.5) is 9.59 Å². The molecule has 0 aliphatic heterocycles. The quantitative estimate of drug-likeness (QED) is 0.147. The summed E-state index contributed by atoms with van der Waals surface area (Å²) in [6.07, 6.45) is 6.85. The number of carbonyl (C=O) groups is 4. The standard InChI is InChI=1S/2C18H29N3O4/c2*1-5-6-9-14(21-17(24)25-18(2,3)4)15(22)16(23)20-12-13-8-7-10-19-11-13/h2*7-8,10-11,14-15,22H,5-6,9,12H2,1-4H3,(H,20,23)(H,21,24)/t2*14-,15-/m00/s1. The second-order valence-electron chi connectivity index (χ2n) is 13.8. The third-order valence-corrected chi connectivity index (χ3v) is 6.82. The lowest BCUT2D eigenvalue weighted by Crippen LogP contribution is -2.51. The number of rotatable bonds is 16. The number of ether oxygens (including phenoxy) is 2. The summed E-state index contributed by atoms with van der Waals surface area (Å²) in [6.45, 7) is 15.0. The smallest absolute Gasteiger partial charge is 0.407 e. The van der Waals surface area contributed by atoms with Crippen LogP contribution in [0.2, 0.25) is 0 Å². The fourth-order valence-corrected chi connectivity index (χ4v) is 4.34. The minimum Gasteiger partial charge on any atom is -0.444 e. The number of pyridine rings is 2. The SMILES string of the molecule is CCCC[C@H](NC(=O)OC(C)(C)C)[C@H](O)C(=O)NCc1cccnc1.CCCC[C@H](NC(=O)OC(C)(C)C)[C@H](O)C(=O)NCc1cccnc1. The van der Waals surface area contributed by atoms with Crippen molar-refractivity contribution in [2.24, 2.45) is 0 Å². The Labute approximate surface area is 296 Å². The summed E-state index contributed by atoms with van der Waals surface area (Å²) in [4.78, 5) is 56.3. The van der Waals surface area contributed by atoms with Crippen LogP contribution in [0.15, 0.2) is 49.1 Å². The van der Waals surface area contributed by atoms with Crippen LogP contribution < -0.4 is 21.3 Å². The molecule has 2 aromatic rings. The number of hydrogen-bond acceptors (Lipinski definition) is 10. The minimum absolute atomic E-state index is 0.261. The number of amides is 4. The topological polar surface area (TPSA) is 201 Å².